The van der Waals surface area contributed by atoms with Gasteiger partial charge < -0.3 is 14.7 Å². The average Bonchev–Trinajstić information content (AvgIpc) is 3.46. The Morgan fingerprint density at radius 2 is 1.83 bits per heavy atom. The van der Waals surface area contributed by atoms with Crippen LogP contribution in [-0.2, 0) is 15.1 Å². The van der Waals surface area contributed by atoms with Crippen molar-refractivity contribution >= 4 is 18.4 Å². The molecule has 0 aromatic heterocycles. The fourth-order valence-electron chi connectivity index (χ4n) is 3.87. The molecule has 4 aliphatic rings. The fourth-order valence-corrected chi connectivity index (χ4v) is 3.87. The highest BCUT2D eigenvalue weighted by Crippen LogP contribution is 2.46. The largest absolute Gasteiger partial charge is 0.459 e. The van der Waals surface area contributed by atoms with Gasteiger partial charge in [0.25, 0.3) is 0 Å². The van der Waals surface area contributed by atoms with Gasteiger partial charge in [-0.15, -0.1) is 12.4 Å². The van der Waals surface area contributed by atoms with E-state index in [1.54, 1.807) is 0 Å². The quantitative estimate of drug-likeness (QED) is 0.830. The van der Waals surface area contributed by atoms with Crippen molar-refractivity contribution in [1.82, 2.24) is 4.90 Å². The number of esters is 1. The van der Waals surface area contributed by atoms with Crippen molar-refractivity contribution < 1.29 is 14.6 Å². The maximum absolute atomic E-state index is 12.7. The highest BCUT2D eigenvalue weighted by molar-refractivity contribution is 5.85. The number of rotatable bonds is 5. The topological polar surface area (TPSA) is 49.8 Å². The Kier molecular flexibility index (Phi) is 4.88. The van der Waals surface area contributed by atoms with Crippen molar-refractivity contribution in [2.75, 3.05) is 19.7 Å². The molecule has 1 unspecified atom stereocenters. The van der Waals surface area contributed by atoms with E-state index in [1.165, 1.54) is 5.57 Å². The SMILES string of the molecule is Cl.O=C(OCC1=CN2CCC1CC2)C(O)(c1ccccc1)C1CC1. The van der Waals surface area contributed by atoms with Gasteiger partial charge in [0.05, 0.1) is 0 Å². The summed E-state index contributed by atoms with van der Waals surface area (Å²) in [6.45, 7) is 2.53. The van der Waals surface area contributed by atoms with Crippen LogP contribution in [0.3, 0.4) is 0 Å². The van der Waals surface area contributed by atoms with Gasteiger partial charge in [-0.25, -0.2) is 4.79 Å². The molecule has 1 N–H and O–H groups in total. The van der Waals surface area contributed by atoms with Gasteiger partial charge in [-0.3, -0.25) is 0 Å². The highest BCUT2D eigenvalue weighted by atomic mass is 35.5. The first-order chi connectivity index (χ1) is 11.2. The predicted molar refractivity (Wildman–Crippen MR) is 93.6 cm³/mol. The molecular formula is C19H24ClNO3. The molecule has 0 radical (unpaired) electrons. The van der Waals surface area contributed by atoms with Crippen molar-refractivity contribution in [1.29, 1.82) is 0 Å². The number of fused-ring (bicyclic) bond motifs is 2. The lowest BCUT2D eigenvalue weighted by molar-refractivity contribution is -0.168. The smallest absolute Gasteiger partial charge is 0.343 e. The lowest BCUT2D eigenvalue weighted by Gasteiger charge is -2.39. The van der Waals surface area contributed by atoms with Gasteiger partial charge in [0, 0.05) is 25.2 Å². The molecule has 5 rings (SSSR count). The Bertz CT molecular complexity index is 621. The number of benzene rings is 1. The van der Waals surface area contributed by atoms with Crippen molar-refractivity contribution in [3.05, 3.63) is 47.7 Å². The van der Waals surface area contributed by atoms with Crippen molar-refractivity contribution in [2.24, 2.45) is 11.8 Å². The molecule has 0 spiro atoms. The summed E-state index contributed by atoms with van der Waals surface area (Å²) in [5.74, 6) is 0.0278. The van der Waals surface area contributed by atoms with E-state index in [0.29, 0.717) is 18.1 Å². The van der Waals surface area contributed by atoms with Crippen LogP contribution < -0.4 is 0 Å². The van der Waals surface area contributed by atoms with Crippen LogP contribution in [0.1, 0.15) is 31.2 Å². The first-order valence-electron chi connectivity index (χ1n) is 8.57. The van der Waals surface area contributed by atoms with Crippen molar-refractivity contribution in [3.63, 3.8) is 0 Å². The molecule has 2 bridgehead atoms. The van der Waals surface area contributed by atoms with E-state index in [4.69, 9.17) is 4.74 Å². The van der Waals surface area contributed by atoms with Gasteiger partial charge >= 0.3 is 5.97 Å². The Labute approximate surface area is 148 Å². The van der Waals surface area contributed by atoms with Crippen LogP contribution in [0, 0.1) is 11.8 Å². The third kappa shape index (κ3) is 3.05. The molecule has 1 aromatic rings. The second-order valence-corrected chi connectivity index (χ2v) is 7.00. The maximum atomic E-state index is 12.7. The second-order valence-electron chi connectivity index (χ2n) is 7.00. The number of hydrogen-bond acceptors (Lipinski definition) is 4. The molecular weight excluding hydrogens is 326 g/mol. The lowest BCUT2D eigenvalue weighted by atomic mass is 9.86. The molecule has 1 atom stereocenters. The van der Waals surface area contributed by atoms with E-state index >= 15 is 0 Å². The zero-order valence-electron chi connectivity index (χ0n) is 13.7. The number of carbonyl (C=O) groups excluding carboxylic acids is 1. The first kappa shape index (κ1) is 17.3. The monoisotopic (exact) mass is 349 g/mol. The van der Waals surface area contributed by atoms with Gasteiger partial charge in [0.15, 0.2) is 5.60 Å². The van der Waals surface area contributed by atoms with E-state index < -0.39 is 11.6 Å². The summed E-state index contributed by atoms with van der Waals surface area (Å²) < 4.78 is 5.57. The summed E-state index contributed by atoms with van der Waals surface area (Å²) in [5.41, 5.74) is 0.355. The average molecular weight is 350 g/mol. The minimum absolute atomic E-state index is 0. The summed E-state index contributed by atoms with van der Waals surface area (Å²) in [5, 5.41) is 11.0. The number of ether oxygens (including phenoxy) is 1. The van der Waals surface area contributed by atoms with Crippen LogP contribution in [-0.4, -0.2) is 35.7 Å². The van der Waals surface area contributed by atoms with Crippen LogP contribution in [0.2, 0.25) is 0 Å². The Morgan fingerprint density at radius 3 is 2.38 bits per heavy atom. The van der Waals surface area contributed by atoms with E-state index in [-0.39, 0.29) is 18.3 Å². The molecule has 1 saturated heterocycles. The molecule has 3 heterocycles. The van der Waals surface area contributed by atoms with E-state index in [1.807, 2.05) is 30.3 Å². The molecule has 4 nitrogen and oxygen atoms in total. The molecule has 0 amide bonds. The summed E-state index contributed by atoms with van der Waals surface area (Å²) in [4.78, 5) is 15.0. The van der Waals surface area contributed by atoms with Crippen LogP contribution in [0.15, 0.2) is 42.1 Å². The molecule has 1 saturated carbocycles. The number of piperidine rings is 1. The fraction of sp³-hybridized carbons (Fsp3) is 0.526. The van der Waals surface area contributed by atoms with Crippen LogP contribution in [0.25, 0.3) is 0 Å². The maximum Gasteiger partial charge on any atom is 0.343 e. The van der Waals surface area contributed by atoms with Gasteiger partial charge in [-0.1, -0.05) is 30.3 Å². The minimum Gasteiger partial charge on any atom is -0.459 e. The highest BCUT2D eigenvalue weighted by Gasteiger charge is 2.52. The van der Waals surface area contributed by atoms with E-state index in [2.05, 4.69) is 11.1 Å². The Balaban J connectivity index is 0.00000169. The number of nitrogens with zero attached hydrogens (tertiary/aromatic N) is 1. The summed E-state index contributed by atoms with van der Waals surface area (Å²) in [6, 6.07) is 9.22. The molecule has 1 aliphatic carbocycles. The molecule has 3 aliphatic heterocycles. The number of carbonyl (C=O) groups is 1. The van der Waals surface area contributed by atoms with Crippen LogP contribution in [0.4, 0.5) is 0 Å². The lowest BCUT2D eigenvalue weighted by Crippen LogP contribution is -2.41. The molecule has 2 fully saturated rings. The van der Waals surface area contributed by atoms with Gasteiger partial charge in [0.1, 0.15) is 6.61 Å². The zero-order chi connectivity index (χ0) is 15.9. The minimum atomic E-state index is -1.49. The van der Waals surface area contributed by atoms with Gasteiger partial charge in [0.2, 0.25) is 0 Å². The number of aliphatic hydroxyl groups is 1. The van der Waals surface area contributed by atoms with Crippen molar-refractivity contribution in [3.8, 4) is 0 Å². The molecule has 130 valence electrons. The third-order valence-electron chi connectivity index (χ3n) is 5.47. The van der Waals surface area contributed by atoms with Crippen LogP contribution >= 0.6 is 12.4 Å². The standard InChI is InChI=1S/C19H23NO3.ClH/c21-18(23-13-15-12-20-10-8-14(15)9-11-20)19(22,17-6-7-17)16-4-2-1-3-5-16;/h1-5,12,14,17,22H,6-11,13H2;1H. The normalized spacial score (nSPS) is 22.4. The Morgan fingerprint density at radius 1 is 1.17 bits per heavy atom. The van der Waals surface area contributed by atoms with Crippen LogP contribution in [0.5, 0.6) is 0 Å². The molecule has 1 aromatic carbocycles. The summed E-state index contributed by atoms with van der Waals surface area (Å²) in [6.07, 6.45) is 6.19. The third-order valence-corrected chi connectivity index (χ3v) is 5.47. The first-order valence-corrected chi connectivity index (χ1v) is 8.57. The molecule has 5 heteroatoms. The summed E-state index contributed by atoms with van der Waals surface area (Å²) in [7, 11) is 0. The number of hydrogen-bond donors (Lipinski definition) is 1. The Hall–Kier alpha value is -1.52. The van der Waals surface area contributed by atoms with Gasteiger partial charge in [-0.2, -0.15) is 0 Å². The zero-order valence-corrected chi connectivity index (χ0v) is 14.5. The number of halogens is 1. The van der Waals surface area contributed by atoms with E-state index in [9.17, 15) is 9.90 Å². The van der Waals surface area contributed by atoms with Crippen molar-refractivity contribution in [2.45, 2.75) is 31.3 Å². The van der Waals surface area contributed by atoms with Gasteiger partial charge in [-0.05, 0) is 42.7 Å². The molecule has 24 heavy (non-hydrogen) atoms. The second kappa shape index (κ2) is 6.77. The summed E-state index contributed by atoms with van der Waals surface area (Å²) >= 11 is 0. The predicted octanol–water partition coefficient (Wildman–Crippen LogP) is 2.86. The van der Waals surface area contributed by atoms with E-state index in [0.717, 1.165) is 38.8 Å².